The normalized spacial score (nSPS) is 11.3. The Morgan fingerprint density at radius 1 is 1.31 bits per heavy atom. The molecule has 1 aromatic heterocycles. The zero-order valence-electron chi connectivity index (χ0n) is 16.9. The number of ether oxygens (including phenoxy) is 2. The lowest BCUT2D eigenvalue weighted by molar-refractivity contribution is -0.119. The third-order valence-corrected chi connectivity index (χ3v) is 4.58. The van der Waals surface area contributed by atoms with Crippen LogP contribution in [-0.4, -0.2) is 51.3 Å². The highest BCUT2D eigenvalue weighted by atomic mass is 31.2. The number of carbonyl (C=O) groups is 2. The van der Waals surface area contributed by atoms with Gasteiger partial charge in [-0.05, 0) is 6.07 Å². The number of nitriles is 1. The van der Waals surface area contributed by atoms with Crippen molar-refractivity contribution in [3.8, 4) is 6.07 Å². The quantitative estimate of drug-likeness (QED) is 0.237. The second-order valence-corrected chi connectivity index (χ2v) is 7.46. The molecule has 1 aromatic carbocycles. The number of nitrogens with zero attached hydrogens (tertiary/aromatic N) is 4. The van der Waals surface area contributed by atoms with Gasteiger partial charge in [-0.1, -0.05) is 6.92 Å². The number of phosphoric acid groups is 1. The molecule has 0 fully saturated rings. The van der Waals surface area contributed by atoms with E-state index in [1.807, 2.05) is 0 Å². The van der Waals surface area contributed by atoms with Gasteiger partial charge in [-0.25, -0.2) is 28.0 Å². The second-order valence-electron chi connectivity index (χ2n) is 6.22. The molecule has 0 aliphatic carbocycles. The number of aryl methyl sites for hydroxylation is 1. The molecule has 0 spiro atoms. The van der Waals surface area contributed by atoms with E-state index in [1.165, 1.54) is 20.0 Å². The maximum Gasteiger partial charge on any atom is 0.510 e. The molecule has 0 radical (unpaired) electrons. The summed E-state index contributed by atoms with van der Waals surface area (Å²) in [5, 5.41) is 8.96. The van der Waals surface area contributed by atoms with Crippen LogP contribution in [0.2, 0.25) is 0 Å². The van der Waals surface area contributed by atoms with E-state index in [0.717, 1.165) is 9.47 Å². The molecule has 32 heavy (non-hydrogen) atoms. The van der Waals surface area contributed by atoms with Crippen molar-refractivity contribution in [1.29, 1.82) is 5.26 Å². The molecule has 0 aliphatic rings. The third-order valence-electron chi connectivity index (χ3n) is 4.06. The van der Waals surface area contributed by atoms with Crippen LogP contribution in [0.25, 0.3) is 11.0 Å². The van der Waals surface area contributed by atoms with Gasteiger partial charge < -0.3 is 23.8 Å². The fraction of sp³-hybridized carbons (Fsp3) is 0.412. The van der Waals surface area contributed by atoms with Crippen LogP contribution in [0.4, 0.5) is 19.5 Å². The lowest BCUT2D eigenvalue weighted by Gasteiger charge is -2.20. The van der Waals surface area contributed by atoms with Crippen LogP contribution in [0, 0.1) is 23.0 Å². The molecule has 0 bridgehead atoms. The van der Waals surface area contributed by atoms with Crippen LogP contribution in [-0.2, 0) is 30.4 Å². The summed E-state index contributed by atoms with van der Waals surface area (Å²) < 4.78 is 54.1. The average Bonchev–Trinajstić information content (AvgIpc) is 3.07. The van der Waals surface area contributed by atoms with Crippen molar-refractivity contribution in [3.63, 3.8) is 0 Å². The Balaban J connectivity index is 2.14. The van der Waals surface area contributed by atoms with Crippen molar-refractivity contribution >= 4 is 36.9 Å². The average molecular weight is 476 g/mol. The van der Waals surface area contributed by atoms with E-state index in [1.54, 1.807) is 0 Å². The Labute approximate surface area is 180 Å². The first kappa shape index (κ1) is 25.2. The molecule has 12 nitrogen and oxygen atoms in total. The summed E-state index contributed by atoms with van der Waals surface area (Å²) in [6.45, 7) is 0.141. The van der Waals surface area contributed by atoms with Crippen LogP contribution in [0.1, 0.15) is 25.3 Å². The number of carbonyl (C=O) groups excluding carboxylic acids is 2. The molecule has 2 rings (SSSR count). The topological polar surface area (TPSA) is 164 Å². The molecule has 1 heterocycles. The van der Waals surface area contributed by atoms with Crippen molar-refractivity contribution in [2.75, 3.05) is 24.8 Å². The van der Waals surface area contributed by atoms with Crippen LogP contribution in [0.3, 0.4) is 0 Å². The Morgan fingerprint density at radius 3 is 2.59 bits per heavy atom. The number of phosphoric ester groups is 1. The third kappa shape index (κ3) is 5.98. The summed E-state index contributed by atoms with van der Waals surface area (Å²) >= 11 is 0. The van der Waals surface area contributed by atoms with Gasteiger partial charge in [-0.15, -0.1) is 0 Å². The van der Waals surface area contributed by atoms with Gasteiger partial charge in [0.2, 0.25) is 11.9 Å². The summed E-state index contributed by atoms with van der Waals surface area (Å²) in [6.07, 6.45) is -1.31. The summed E-state index contributed by atoms with van der Waals surface area (Å²) in [7, 11) is -3.34. The predicted molar refractivity (Wildman–Crippen MR) is 103 cm³/mol. The van der Waals surface area contributed by atoms with Crippen LogP contribution in [0.15, 0.2) is 6.07 Å². The van der Waals surface area contributed by atoms with Gasteiger partial charge >= 0.3 is 14.0 Å². The lowest BCUT2D eigenvalue weighted by Crippen LogP contribution is -2.35. The highest BCUT2D eigenvalue weighted by Crippen LogP contribution is 2.35. The summed E-state index contributed by atoms with van der Waals surface area (Å²) in [6, 6.07) is 2.21. The van der Waals surface area contributed by atoms with Gasteiger partial charge in [0.1, 0.15) is 17.1 Å². The molecule has 0 atom stereocenters. The Bertz CT molecular complexity index is 1110. The molecule has 0 saturated carbocycles. The van der Waals surface area contributed by atoms with E-state index >= 15 is 0 Å². The van der Waals surface area contributed by atoms with Crippen LogP contribution in [0.5, 0.6) is 0 Å². The van der Waals surface area contributed by atoms with Gasteiger partial charge in [-0.2, -0.15) is 5.26 Å². The molecule has 2 N–H and O–H groups in total. The number of anilines is 1. The van der Waals surface area contributed by atoms with Crippen LogP contribution < -0.4 is 4.90 Å². The number of rotatable bonds is 9. The second kappa shape index (κ2) is 10.5. The standard InChI is InChI=1S/C17H19F2N4O8P/c1-3-12(24)23(9-30-17(25)29-5-4-6-31-32(26,27)28)16-21-14-11(18)7-10(8-20)13(19)15(14)22(16)2/h7H,3-6,9H2,1-2H3,(H2,26,27,28). The highest BCUT2D eigenvalue weighted by molar-refractivity contribution is 7.46. The first-order valence-electron chi connectivity index (χ1n) is 9.04. The summed E-state index contributed by atoms with van der Waals surface area (Å²) in [4.78, 5) is 46.0. The molecule has 0 aliphatic heterocycles. The molecule has 0 unspecified atom stereocenters. The van der Waals surface area contributed by atoms with Gasteiger partial charge in [0.05, 0.1) is 18.8 Å². The fourth-order valence-electron chi connectivity index (χ4n) is 2.60. The number of amides is 1. The van der Waals surface area contributed by atoms with Crippen molar-refractivity contribution in [2.45, 2.75) is 19.8 Å². The van der Waals surface area contributed by atoms with E-state index < -0.39 is 49.3 Å². The fourth-order valence-corrected chi connectivity index (χ4v) is 2.97. The number of hydrogen-bond acceptors (Lipinski definition) is 8. The van der Waals surface area contributed by atoms with E-state index in [2.05, 4.69) is 9.51 Å². The summed E-state index contributed by atoms with van der Waals surface area (Å²) in [5.41, 5.74) is -1.31. The minimum atomic E-state index is -4.63. The van der Waals surface area contributed by atoms with E-state index in [-0.39, 0.29) is 37.5 Å². The Morgan fingerprint density at radius 2 is 2.00 bits per heavy atom. The molecular formula is C17H19F2N4O8P. The highest BCUT2D eigenvalue weighted by Gasteiger charge is 2.26. The monoisotopic (exact) mass is 476 g/mol. The van der Waals surface area contributed by atoms with E-state index in [9.17, 15) is 22.9 Å². The minimum absolute atomic E-state index is 0.0393. The Kier molecular flexibility index (Phi) is 8.23. The largest absolute Gasteiger partial charge is 0.510 e. The van der Waals surface area contributed by atoms with E-state index in [0.29, 0.717) is 6.07 Å². The van der Waals surface area contributed by atoms with Gasteiger partial charge in [-0.3, -0.25) is 9.32 Å². The lowest BCUT2D eigenvalue weighted by atomic mass is 10.2. The molecule has 0 saturated heterocycles. The first-order chi connectivity index (χ1) is 15.0. The number of aromatic nitrogens is 2. The zero-order valence-corrected chi connectivity index (χ0v) is 17.8. The van der Waals surface area contributed by atoms with Gasteiger partial charge in [0.25, 0.3) is 0 Å². The maximum absolute atomic E-state index is 14.5. The van der Waals surface area contributed by atoms with Crippen molar-refractivity contribution in [2.24, 2.45) is 7.05 Å². The number of hydrogen-bond donors (Lipinski definition) is 2. The minimum Gasteiger partial charge on any atom is -0.434 e. The SMILES string of the molecule is CCC(=O)N(COC(=O)OCCCOP(=O)(O)O)c1nc2c(F)cc(C#N)c(F)c2n1C. The summed E-state index contributed by atoms with van der Waals surface area (Å²) in [5.74, 6) is -2.82. The molecular weight excluding hydrogens is 457 g/mol. The van der Waals surface area contributed by atoms with Gasteiger partial charge in [0, 0.05) is 19.9 Å². The van der Waals surface area contributed by atoms with Crippen molar-refractivity contribution in [3.05, 3.63) is 23.3 Å². The molecule has 174 valence electrons. The number of fused-ring (bicyclic) bond motifs is 1. The molecule has 15 heteroatoms. The predicted octanol–water partition coefficient (Wildman–Crippen LogP) is 2.08. The molecule has 1 amide bonds. The van der Waals surface area contributed by atoms with Crippen LogP contribution >= 0.6 is 7.82 Å². The molecule has 2 aromatic rings. The smallest absolute Gasteiger partial charge is 0.434 e. The number of benzene rings is 1. The zero-order chi connectivity index (χ0) is 24.1. The first-order valence-corrected chi connectivity index (χ1v) is 10.6. The van der Waals surface area contributed by atoms with E-state index in [4.69, 9.17) is 24.5 Å². The number of halogens is 2. The van der Waals surface area contributed by atoms with Crippen molar-refractivity contribution in [1.82, 2.24) is 9.55 Å². The maximum atomic E-state index is 14.5. The Hall–Kier alpha value is -3.11. The van der Waals surface area contributed by atoms with Crippen molar-refractivity contribution < 1.29 is 46.7 Å². The van der Waals surface area contributed by atoms with Gasteiger partial charge in [0.15, 0.2) is 18.4 Å². The number of imidazole rings is 1.